The Morgan fingerprint density at radius 1 is 1.28 bits per heavy atom. The molecule has 2 saturated carbocycles. The van der Waals surface area contributed by atoms with Crippen molar-refractivity contribution in [2.45, 2.75) is 45.6 Å². The average molecular weight is 244 g/mol. The lowest BCUT2D eigenvalue weighted by Gasteiger charge is -2.30. The molecular weight excluding hydrogens is 220 g/mol. The Balaban J connectivity index is 1.73. The summed E-state index contributed by atoms with van der Waals surface area (Å²) >= 11 is 0. The third-order valence-corrected chi connectivity index (χ3v) is 5.11. The van der Waals surface area contributed by atoms with Gasteiger partial charge in [-0.15, -0.1) is 0 Å². The highest BCUT2D eigenvalue weighted by Crippen LogP contribution is 2.50. The Bertz CT molecular complexity index is 420. The Hall–Kier alpha value is -1.18. The van der Waals surface area contributed by atoms with Gasteiger partial charge in [-0.3, -0.25) is 0 Å². The molecule has 3 rings (SSSR count). The molecule has 4 atom stereocenters. The van der Waals surface area contributed by atoms with Gasteiger partial charge >= 0.3 is 0 Å². The standard InChI is InChI=1S/C16H24N2/c1-10-4-3-5-15(17)16(10)18-11(2)14-9-12-6-7-13(14)8-12/h3-5,11-14,18H,6-9,17H2,1-2H3. The molecule has 2 fully saturated rings. The van der Waals surface area contributed by atoms with Crippen LogP contribution < -0.4 is 11.1 Å². The van der Waals surface area contributed by atoms with Gasteiger partial charge in [-0.2, -0.15) is 0 Å². The van der Waals surface area contributed by atoms with E-state index in [9.17, 15) is 0 Å². The summed E-state index contributed by atoms with van der Waals surface area (Å²) in [4.78, 5) is 0. The fourth-order valence-corrected chi connectivity index (χ4v) is 4.13. The van der Waals surface area contributed by atoms with Crippen molar-refractivity contribution in [3.8, 4) is 0 Å². The van der Waals surface area contributed by atoms with Crippen LogP contribution in [0.3, 0.4) is 0 Å². The number of benzene rings is 1. The van der Waals surface area contributed by atoms with Crippen LogP contribution in [0.4, 0.5) is 11.4 Å². The number of hydrogen-bond donors (Lipinski definition) is 2. The van der Waals surface area contributed by atoms with E-state index in [-0.39, 0.29) is 0 Å². The minimum atomic E-state index is 0.545. The molecule has 0 amide bonds. The number of nitrogens with two attached hydrogens (primary N) is 1. The number of nitrogen functional groups attached to an aromatic ring is 1. The number of anilines is 2. The average Bonchev–Trinajstić information content (AvgIpc) is 2.96. The van der Waals surface area contributed by atoms with Crippen LogP contribution in [0.2, 0.25) is 0 Å². The van der Waals surface area contributed by atoms with Gasteiger partial charge in [0.15, 0.2) is 0 Å². The molecule has 0 spiro atoms. The van der Waals surface area contributed by atoms with Crippen LogP contribution in [0.15, 0.2) is 18.2 Å². The molecule has 0 aromatic heterocycles. The van der Waals surface area contributed by atoms with Gasteiger partial charge in [-0.25, -0.2) is 0 Å². The second kappa shape index (κ2) is 4.49. The van der Waals surface area contributed by atoms with Gasteiger partial charge in [-0.05, 0) is 62.5 Å². The minimum absolute atomic E-state index is 0.545. The van der Waals surface area contributed by atoms with Crippen molar-refractivity contribution in [2.24, 2.45) is 17.8 Å². The van der Waals surface area contributed by atoms with Gasteiger partial charge in [0, 0.05) is 6.04 Å². The first kappa shape index (κ1) is 11.9. The Morgan fingerprint density at radius 3 is 2.72 bits per heavy atom. The fraction of sp³-hybridized carbons (Fsp3) is 0.625. The maximum atomic E-state index is 6.08. The van der Waals surface area contributed by atoms with Crippen LogP contribution in [0.5, 0.6) is 0 Å². The van der Waals surface area contributed by atoms with E-state index in [0.717, 1.165) is 29.1 Å². The highest BCUT2D eigenvalue weighted by atomic mass is 14.9. The number of hydrogen-bond acceptors (Lipinski definition) is 2. The molecule has 98 valence electrons. The molecule has 2 aliphatic rings. The van der Waals surface area contributed by atoms with E-state index < -0.39 is 0 Å². The maximum Gasteiger partial charge on any atom is 0.0605 e. The van der Waals surface area contributed by atoms with Gasteiger partial charge in [-0.1, -0.05) is 18.6 Å². The largest absolute Gasteiger partial charge is 0.397 e. The van der Waals surface area contributed by atoms with E-state index in [0.29, 0.717) is 6.04 Å². The maximum absolute atomic E-state index is 6.08. The Morgan fingerprint density at radius 2 is 2.11 bits per heavy atom. The van der Waals surface area contributed by atoms with Crippen molar-refractivity contribution >= 4 is 11.4 Å². The molecule has 2 nitrogen and oxygen atoms in total. The van der Waals surface area contributed by atoms with Crippen LogP contribution >= 0.6 is 0 Å². The molecule has 4 unspecified atom stereocenters. The first-order valence-corrected chi connectivity index (χ1v) is 7.26. The van der Waals surface area contributed by atoms with E-state index >= 15 is 0 Å². The van der Waals surface area contributed by atoms with Crippen LogP contribution in [0, 0.1) is 24.7 Å². The second-order valence-corrected chi connectivity index (χ2v) is 6.31. The zero-order valence-corrected chi connectivity index (χ0v) is 11.4. The molecule has 0 aliphatic heterocycles. The van der Waals surface area contributed by atoms with E-state index in [2.05, 4.69) is 25.2 Å². The predicted octanol–water partition coefficient (Wildman–Crippen LogP) is 3.81. The van der Waals surface area contributed by atoms with Crippen molar-refractivity contribution in [2.75, 3.05) is 11.1 Å². The first-order chi connectivity index (χ1) is 8.65. The zero-order chi connectivity index (χ0) is 12.7. The third-order valence-electron chi connectivity index (χ3n) is 5.11. The quantitative estimate of drug-likeness (QED) is 0.793. The molecule has 1 aromatic rings. The summed E-state index contributed by atoms with van der Waals surface area (Å²) in [7, 11) is 0. The number of rotatable bonds is 3. The summed E-state index contributed by atoms with van der Waals surface area (Å²) < 4.78 is 0. The second-order valence-electron chi connectivity index (χ2n) is 6.31. The first-order valence-electron chi connectivity index (χ1n) is 7.26. The van der Waals surface area contributed by atoms with Gasteiger partial charge in [0.25, 0.3) is 0 Å². The molecule has 18 heavy (non-hydrogen) atoms. The van der Waals surface area contributed by atoms with Gasteiger partial charge in [0.05, 0.1) is 11.4 Å². The van der Waals surface area contributed by atoms with Gasteiger partial charge < -0.3 is 11.1 Å². The van der Waals surface area contributed by atoms with Crippen LogP contribution in [0.25, 0.3) is 0 Å². The smallest absolute Gasteiger partial charge is 0.0605 e. The monoisotopic (exact) mass is 244 g/mol. The van der Waals surface area contributed by atoms with Crippen molar-refractivity contribution in [3.05, 3.63) is 23.8 Å². The molecule has 2 heteroatoms. The summed E-state index contributed by atoms with van der Waals surface area (Å²) in [5, 5.41) is 3.68. The van der Waals surface area contributed by atoms with Crippen LogP contribution in [-0.4, -0.2) is 6.04 Å². The normalized spacial score (nSPS) is 31.6. The summed E-state index contributed by atoms with van der Waals surface area (Å²) in [5.74, 6) is 2.82. The molecular formula is C16H24N2. The molecule has 0 radical (unpaired) electrons. The molecule has 2 bridgehead atoms. The van der Waals surface area contributed by atoms with Crippen molar-refractivity contribution in [3.63, 3.8) is 0 Å². The number of nitrogens with one attached hydrogen (secondary N) is 1. The van der Waals surface area contributed by atoms with E-state index in [1.165, 1.54) is 31.2 Å². The van der Waals surface area contributed by atoms with E-state index in [1.54, 1.807) is 0 Å². The van der Waals surface area contributed by atoms with Crippen LogP contribution in [0.1, 0.15) is 38.2 Å². The van der Waals surface area contributed by atoms with Gasteiger partial charge in [0.1, 0.15) is 0 Å². The molecule has 0 heterocycles. The van der Waals surface area contributed by atoms with Gasteiger partial charge in [0.2, 0.25) is 0 Å². The molecule has 2 aliphatic carbocycles. The number of para-hydroxylation sites is 1. The summed E-state index contributed by atoms with van der Waals surface area (Å²) in [6.45, 7) is 4.46. The summed E-state index contributed by atoms with van der Waals surface area (Å²) in [6, 6.07) is 6.69. The fourth-order valence-electron chi connectivity index (χ4n) is 4.13. The summed E-state index contributed by atoms with van der Waals surface area (Å²) in [5.41, 5.74) is 9.36. The Kier molecular flexibility index (Phi) is 2.96. The highest BCUT2D eigenvalue weighted by molar-refractivity contribution is 5.70. The highest BCUT2D eigenvalue weighted by Gasteiger charge is 2.41. The SMILES string of the molecule is Cc1cccc(N)c1NC(C)C1CC2CCC1C2. The Labute approximate surface area is 110 Å². The number of fused-ring (bicyclic) bond motifs is 2. The molecule has 3 N–H and O–H groups in total. The van der Waals surface area contributed by atoms with Crippen molar-refractivity contribution in [1.82, 2.24) is 0 Å². The summed E-state index contributed by atoms with van der Waals surface area (Å²) in [6.07, 6.45) is 5.82. The van der Waals surface area contributed by atoms with Crippen LogP contribution in [-0.2, 0) is 0 Å². The minimum Gasteiger partial charge on any atom is -0.397 e. The van der Waals surface area contributed by atoms with Crippen molar-refractivity contribution in [1.29, 1.82) is 0 Å². The van der Waals surface area contributed by atoms with Crippen molar-refractivity contribution < 1.29 is 0 Å². The molecule has 0 saturated heterocycles. The van der Waals surface area contributed by atoms with E-state index in [1.807, 2.05) is 12.1 Å². The topological polar surface area (TPSA) is 38.0 Å². The molecule has 1 aromatic carbocycles. The number of aryl methyl sites for hydroxylation is 1. The predicted molar refractivity (Wildman–Crippen MR) is 77.6 cm³/mol. The lowest BCUT2D eigenvalue weighted by atomic mass is 9.84. The lowest BCUT2D eigenvalue weighted by molar-refractivity contribution is 0.304. The zero-order valence-electron chi connectivity index (χ0n) is 11.4. The third kappa shape index (κ3) is 1.98. The lowest BCUT2D eigenvalue weighted by Crippen LogP contribution is -2.30. The van der Waals surface area contributed by atoms with E-state index in [4.69, 9.17) is 5.73 Å².